The number of aliphatic hydroxyl groups is 1. The van der Waals surface area contributed by atoms with E-state index in [-0.39, 0.29) is 6.61 Å². The van der Waals surface area contributed by atoms with Crippen LogP contribution in [0.2, 0.25) is 0 Å². The van der Waals surface area contributed by atoms with Crippen LogP contribution < -0.4 is 5.63 Å². The smallest absolute Gasteiger partial charge is 0.342 e. The van der Waals surface area contributed by atoms with Crippen molar-refractivity contribution in [2.75, 3.05) is 0 Å². The van der Waals surface area contributed by atoms with E-state index in [0.717, 1.165) is 33.0 Å². The van der Waals surface area contributed by atoms with E-state index in [1.165, 1.54) is 0 Å². The summed E-state index contributed by atoms with van der Waals surface area (Å²) in [4.78, 5) is 11.9. The van der Waals surface area contributed by atoms with E-state index in [1.54, 1.807) is 6.26 Å². The Morgan fingerprint density at radius 3 is 2.53 bits per heavy atom. The van der Waals surface area contributed by atoms with Crippen molar-refractivity contribution >= 4 is 21.9 Å². The fourth-order valence-electron chi connectivity index (χ4n) is 2.71. The Hall–Kier alpha value is -2.07. The summed E-state index contributed by atoms with van der Waals surface area (Å²) in [7, 11) is 0. The lowest BCUT2D eigenvalue weighted by molar-refractivity contribution is 0.275. The highest BCUT2D eigenvalue weighted by atomic mass is 16.4. The monoisotopic (exact) mass is 258 g/mol. The van der Waals surface area contributed by atoms with Gasteiger partial charge in [0, 0.05) is 16.3 Å². The zero-order valence-corrected chi connectivity index (χ0v) is 11.0. The van der Waals surface area contributed by atoms with Crippen molar-refractivity contribution in [3.05, 3.63) is 45.0 Å². The summed E-state index contributed by atoms with van der Waals surface area (Å²) in [6.07, 6.45) is 1.63. The average Bonchev–Trinajstić information content (AvgIpc) is 2.85. The second kappa shape index (κ2) is 3.96. The van der Waals surface area contributed by atoms with Gasteiger partial charge in [-0.15, -0.1) is 0 Å². The van der Waals surface area contributed by atoms with Crippen LogP contribution in [0.15, 0.2) is 26.0 Å². The maximum Gasteiger partial charge on any atom is 0.342 e. The van der Waals surface area contributed by atoms with Gasteiger partial charge in [-0.3, -0.25) is 0 Å². The van der Waals surface area contributed by atoms with Gasteiger partial charge < -0.3 is 13.9 Å². The Kier molecular flexibility index (Phi) is 2.50. The minimum atomic E-state index is -0.485. The van der Waals surface area contributed by atoms with Crippen LogP contribution in [0.3, 0.4) is 0 Å². The van der Waals surface area contributed by atoms with Crippen molar-refractivity contribution in [2.45, 2.75) is 27.4 Å². The van der Waals surface area contributed by atoms with Gasteiger partial charge in [-0.25, -0.2) is 4.79 Å². The third-order valence-electron chi connectivity index (χ3n) is 3.78. The van der Waals surface area contributed by atoms with Crippen molar-refractivity contribution in [3.8, 4) is 0 Å². The SMILES string of the molecule is Cc1c2occc2c(C)c2c(C)c(CO)c(=O)oc12. The molecule has 2 heterocycles. The summed E-state index contributed by atoms with van der Waals surface area (Å²) in [6.45, 7) is 5.36. The van der Waals surface area contributed by atoms with Crippen molar-refractivity contribution in [3.63, 3.8) is 0 Å². The fraction of sp³-hybridized carbons (Fsp3) is 0.267. The number of hydrogen-bond acceptors (Lipinski definition) is 4. The molecule has 4 heteroatoms. The molecule has 98 valence electrons. The number of furan rings is 1. The zero-order chi connectivity index (χ0) is 13.7. The first kappa shape index (κ1) is 12.0. The second-order valence-corrected chi connectivity index (χ2v) is 4.77. The Balaban J connectivity index is 2.67. The molecular weight excluding hydrogens is 244 g/mol. The van der Waals surface area contributed by atoms with Crippen LogP contribution in [0.1, 0.15) is 22.3 Å². The van der Waals surface area contributed by atoms with Gasteiger partial charge in [-0.1, -0.05) is 0 Å². The molecule has 0 aliphatic carbocycles. The normalized spacial score (nSPS) is 11.6. The molecule has 19 heavy (non-hydrogen) atoms. The molecule has 2 aromatic heterocycles. The number of aliphatic hydroxyl groups excluding tert-OH is 1. The number of benzene rings is 1. The summed E-state index contributed by atoms with van der Waals surface area (Å²) in [5.74, 6) is 0. The molecular formula is C15H14O4. The van der Waals surface area contributed by atoms with Crippen molar-refractivity contribution < 1.29 is 13.9 Å². The lowest BCUT2D eigenvalue weighted by Gasteiger charge is -2.11. The van der Waals surface area contributed by atoms with E-state index in [2.05, 4.69) is 0 Å². The fourth-order valence-corrected chi connectivity index (χ4v) is 2.71. The summed E-state index contributed by atoms with van der Waals surface area (Å²) >= 11 is 0. The molecule has 0 saturated carbocycles. The molecule has 0 unspecified atom stereocenters. The van der Waals surface area contributed by atoms with Gasteiger partial charge >= 0.3 is 5.63 Å². The maximum atomic E-state index is 11.9. The molecule has 0 radical (unpaired) electrons. The van der Waals surface area contributed by atoms with Gasteiger partial charge in [0.15, 0.2) is 0 Å². The number of hydrogen-bond donors (Lipinski definition) is 1. The van der Waals surface area contributed by atoms with Gasteiger partial charge in [0.05, 0.1) is 18.4 Å². The van der Waals surface area contributed by atoms with Crippen LogP contribution in [0, 0.1) is 20.8 Å². The lowest BCUT2D eigenvalue weighted by atomic mass is 9.97. The molecule has 0 amide bonds. The van der Waals surface area contributed by atoms with E-state index in [9.17, 15) is 9.90 Å². The first-order valence-electron chi connectivity index (χ1n) is 6.09. The predicted octanol–water partition coefficient (Wildman–Crippen LogP) is 2.96. The average molecular weight is 258 g/mol. The predicted molar refractivity (Wildman–Crippen MR) is 72.4 cm³/mol. The molecule has 0 atom stereocenters. The van der Waals surface area contributed by atoms with Crippen LogP contribution in [0.5, 0.6) is 0 Å². The van der Waals surface area contributed by atoms with Crippen molar-refractivity contribution in [1.29, 1.82) is 0 Å². The Morgan fingerprint density at radius 2 is 1.84 bits per heavy atom. The van der Waals surface area contributed by atoms with Crippen LogP contribution in [0.25, 0.3) is 21.9 Å². The molecule has 3 aromatic rings. The summed E-state index contributed by atoms with van der Waals surface area (Å²) in [6, 6.07) is 1.90. The third kappa shape index (κ3) is 1.47. The maximum absolute atomic E-state index is 11.9. The van der Waals surface area contributed by atoms with Gasteiger partial charge in [0.25, 0.3) is 0 Å². The third-order valence-corrected chi connectivity index (χ3v) is 3.78. The van der Waals surface area contributed by atoms with E-state index < -0.39 is 5.63 Å². The quantitative estimate of drug-likeness (QED) is 0.681. The molecule has 0 fully saturated rings. The van der Waals surface area contributed by atoms with E-state index >= 15 is 0 Å². The van der Waals surface area contributed by atoms with E-state index in [1.807, 2.05) is 26.8 Å². The van der Waals surface area contributed by atoms with E-state index in [0.29, 0.717) is 11.1 Å². The molecule has 4 nitrogen and oxygen atoms in total. The molecule has 0 aliphatic rings. The summed E-state index contributed by atoms with van der Waals surface area (Å²) in [5, 5.41) is 11.2. The van der Waals surface area contributed by atoms with Crippen LogP contribution in [-0.2, 0) is 6.61 Å². The van der Waals surface area contributed by atoms with Gasteiger partial charge in [-0.2, -0.15) is 0 Å². The Bertz CT molecular complexity index is 852. The first-order valence-corrected chi connectivity index (χ1v) is 6.09. The van der Waals surface area contributed by atoms with Gasteiger partial charge in [0.2, 0.25) is 0 Å². The minimum absolute atomic E-state index is 0.313. The molecule has 1 aromatic carbocycles. The standard InChI is InChI=1S/C15H14O4/c1-7-10-4-5-18-13(10)9(3)14-12(7)8(2)11(6-16)15(17)19-14/h4-5,16H,6H2,1-3H3. The lowest BCUT2D eigenvalue weighted by Crippen LogP contribution is -2.11. The summed E-state index contributed by atoms with van der Waals surface area (Å²) < 4.78 is 10.8. The van der Waals surface area contributed by atoms with Crippen LogP contribution in [-0.4, -0.2) is 5.11 Å². The van der Waals surface area contributed by atoms with Crippen molar-refractivity contribution in [2.24, 2.45) is 0 Å². The summed E-state index contributed by atoms with van der Waals surface area (Å²) in [5.41, 5.74) is 3.70. The molecule has 0 spiro atoms. The van der Waals surface area contributed by atoms with Crippen molar-refractivity contribution in [1.82, 2.24) is 0 Å². The Labute approximate surface area is 109 Å². The van der Waals surface area contributed by atoms with Crippen LogP contribution in [0.4, 0.5) is 0 Å². The highest BCUT2D eigenvalue weighted by Crippen LogP contribution is 2.34. The van der Waals surface area contributed by atoms with Gasteiger partial charge in [-0.05, 0) is 38.0 Å². The van der Waals surface area contributed by atoms with Crippen LogP contribution >= 0.6 is 0 Å². The van der Waals surface area contributed by atoms with Gasteiger partial charge in [0.1, 0.15) is 11.2 Å². The Morgan fingerprint density at radius 1 is 1.11 bits per heavy atom. The second-order valence-electron chi connectivity index (χ2n) is 4.77. The highest BCUT2D eigenvalue weighted by Gasteiger charge is 2.18. The highest BCUT2D eigenvalue weighted by molar-refractivity contribution is 6.02. The first-order chi connectivity index (χ1) is 9.06. The van der Waals surface area contributed by atoms with E-state index in [4.69, 9.17) is 8.83 Å². The molecule has 0 aliphatic heterocycles. The molecule has 1 N–H and O–H groups in total. The number of aryl methyl sites for hydroxylation is 3. The molecule has 3 rings (SSSR count). The molecule has 0 bridgehead atoms. The largest absolute Gasteiger partial charge is 0.464 e. The number of fused-ring (bicyclic) bond motifs is 2. The zero-order valence-electron chi connectivity index (χ0n) is 11.0. The number of rotatable bonds is 1. The molecule has 0 saturated heterocycles. The topological polar surface area (TPSA) is 63.6 Å². The minimum Gasteiger partial charge on any atom is -0.464 e.